The van der Waals surface area contributed by atoms with Crippen LogP contribution in [0.15, 0.2) is 170 Å². The standard InChI is InChI=1S/C50H40N2/c1-51(2)49-35-44(28-26-38-31-47(41-21-13-7-14-22-41)34-48(32-38)42-23-15-8-16-24-42)50(52(3)4)36-43(49)27-25-37-29-45(39-17-9-5-10-18-39)33-46(30-37)40-19-11-6-12-20-40/h5-24,29-36H,1-4H3. The van der Waals surface area contributed by atoms with Crippen LogP contribution in [-0.2, 0) is 0 Å². The predicted octanol–water partition coefficient (Wildman–Crippen LogP) is 11.3. The highest BCUT2D eigenvalue weighted by Crippen LogP contribution is 2.32. The third kappa shape index (κ3) is 7.84. The van der Waals surface area contributed by atoms with Crippen molar-refractivity contribution in [3.05, 3.63) is 192 Å². The van der Waals surface area contributed by atoms with Gasteiger partial charge < -0.3 is 9.80 Å². The molecule has 0 spiro atoms. The van der Waals surface area contributed by atoms with Gasteiger partial charge in [0.2, 0.25) is 0 Å². The Bertz CT molecular complexity index is 2150. The summed E-state index contributed by atoms with van der Waals surface area (Å²) in [5.41, 5.74) is 15.1. The van der Waals surface area contributed by atoms with Gasteiger partial charge in [-0.3, -0.25) is 0 Å². The van der Waals surface area contributed by atoms with Crippen LogP contribution < -0.4 is 9.80 Å². The zero-order chi connectivity index (χ0) is 35.9. The molecule has 52 heavy (non-hydrogen) atoms. The molecule has 2 nitrogen and oxygen atoms in total. The van der Waals surface area contributed by atoms with Gasteiger partial charge in [0.15, 0.2) is 0 Å². The van der Waals surface area contributed by atoms with Gasteiger partial charge in [0, 0.05) is 39.3 Å². The molecule has 0 saturated carbocycles. The van der Waals surface area contributed by atoms with Crippen molar-refractivity contribution in [3.8, 4) is 68.2 Å². The first kappa shape index (κ1) is 33.7. The molecule has 0 N–H and O–H groups in total. The molecule has 0 aliphatic rings. The first-order valence-electron chi connectivity index (χ1n) is 17.5. The van der Waals surface area contributed by atoms with Gasteiger partial charge in [-0.15, -0.1) is 0 Å². The Kier molecular flexibility index (Phi) is 10.0. The molecular weight excluding hydrogens is 629 g/mol. The summed E-state index contributed by atoms with van der Waals surface area (Å²) in [7, 11) is 8.25. The van der Waals surface area contributed by atoms with Crippen LogP contribution in [0.4, 0.5) is 11.4 Å². The van der Waals surface area contributed by atoms with Gasteiger partial charge in [-0.05, 0) is 93.0 Å². The van der Waals surface area contributed by atoms with Crippen LogP contribution in [0.25, 0.3) is 44.5 Å². The van der Waals surface area contributed by atoms with E-state index in [4.69, 9.17) is 0 Å². The van der Waals surface area contributed by atoms with Crippen LogP contribution in [0.5, 0.6) is 0 Å². The molecule has 7 aromatic carbocycles. The number of hydrogen-bond donors (Lipinski definition) is 0. The quantitative estimate of drug-likeness (QED) is 0.163. The maximum Gasteiger partial charge on any atom is 0.0534 e. The molecule has 0 aliphatic heterocycles. The summed E-state index contributed by atoms with van der Waals surface area (Å²) < 4.78 is 0. The summed E-state index contributed by atoms with van der Waals surface area (Å²) in [6, 6.07) is 59.6. The molecule has 0 heterocycles. The average Bonchev–Trinajstić information content (AvgIpc) is 3.20. The van der Waals surface area contributed by atoms with E-state index in [9.17, 15) is 0 Å². The average molecular weight is 669 g/mol. The fourth-order valence-electron chi connectivity index (χ4n) is 6.38. The zero-order valence-corrected chi connectivity index (χ0v) is 30.1. The Hall–Kier alpha value is -6.74. The zero-order valence-electron chi connectivity index (χ0n) is 30.1. The highest BCUT2D eigenvalue weighted by molar-refractivity contribution is 5.79. The van der Waals surface area contributed by atoms with Crippen LogP contribution in [0.2, 0.25) is 0 Å². The van der Waals surface area contributed by atoms with E-state index in [1.807, 2.05) is 24.3 Å². The monoisotopic (exact) mass is 668 g/mol. The lowest BCUT2D eigenvalue weighted by molar-refractivity contribution is 1.10. The topological polar surface area (TPSA) is 6.48 Å². The van der Waals surface area contributed by atoms with E-state index >= 15 is 0 Å². The maximum atomic E-state index is 3.55. The smallest absolute Gasteiger partial charge is 0.0534 e. The molecule has 0 atom stereocenters. The van der Waals surface area contributed by atoms with Crippen molar-refractivity contribution in [2.75, 3.05) is 38.0 Å². The van der Waals surface area contributed by atoms with Crippen molar-refractivity contribution in [1.82, 2.24) is 0 Å². The van der Waals surface area contributed by atoms with Crippen molar-refractivity contribution < 1.29 is 0 Å². The number of anilines is 2. The van der Waals surface area contributed by atoms with E-state index < -0.39 is 0 Å². The summed E-state index contributed by atoms with van der Waals surface area (Å²) in [5.74, 6) is 14.2. The molecule has 0 aliphatic carbocycles. The highest BCUT2D eigenvalue weighted by Gasteiger charge is 2.12. The van der Waals surface area contributed by atoms with Crippen LogP contribution in [-0.4, -0.2) is 28.2 Å². The Balaban J connectivity index is 1.31. The molecule has 0 fully saturated rings. The summed E-state index contributed by atoms with van der Waals surface area (Å²) in [6.45, 7) is 0. The Morgan fingerprint density at radius 3 is 0.808 bits per heavy atom. The van der Waals surface area contributed by atoms with E-state index in [0.29, 0.717) is 0 Å². The van der Waals surface area contributed by atoms with Crippen molar-refractivity contribution in [2.45, 2.75) is 0 Å². The summed E-state index contributed by atoms with van der Waals surface area (Å²) in [4.78, 5) is 4.24. The van der Waals surface area contributed by atoms with E-state index in [-0.39, 0.29) is 0 Å². The van der Waals surface area contributed by atoms with E-state index in [1.54, 1.807) is 0 Å². The van der Waals surface area contributed by atoms with Crippen molar-refractivity contribution in [1.29, 1.82) is 0 Å². The molecule has 7 rings (SSSR count). The molecule has 2 heteroatoms. The SMILES string of the molecule is CN(C)c1cc(C#Cc2cc(-c3ccccc3)cc(-c3ccccc3)c2)c(N(C)C)cc1C#Cc1cc(-c2ccccc2)cc(-c2ccccc2)c1. The molecule has 7 aromatic rings. The van der Waals surface area contributed by atoms with Gasteiger partial charge >= 0.3 is 0 Å². The summed E-state index contributed by atoms with van der Waals surface area (Å²) >= 11 is 0. The fraction of sp³-hybridized carbons (Fsp3) is 0.0800. The van der Waals surface area contributed by atoms with E-state index in [0.717, 1.165) is 55.9 Å². The Morgan fingerprint density at radius 1 is 0.288 bits per heavy atom. The highest BCUT2D eigenvalue weighted by atomic mass is 15.1. The van der Waals surface area contributed by atoms with E-state index in [1.165, 1.54) is 22.3 Å². The van der Waals surface area contributed by atoms with Gasteiger partial charge in [-0.1, -0.05) is 145 Å². The van der Waals surface area contributed by atoms with Crippen LogP contribution in [0.1, 0.15) is 22.3 Å². The molecule has 0 radical (unpaired) electrons. The van der Waals surface area contributed by atoms with Crippen molar-refractivity contribution in [3.63, 3.8) is 0 Å². The van der Waals surface area contributed by atoms with Gasteiger partial charge in [0.25, 0.3) is 0 Å². The summed E-state index contributed by atoms with van der Waals surface area (Å²) in [6.07, 6.45) is 0. The fourth-order valence-corrected chi connectivity index (χ4v) is 6.38. The van der Waals surface area contributed by atoms with Crippen LogP contribution >= 0.6 is 0 Å². The lowest BCUT2D eigenvalue weighted by Crippen LogP contribution is -2.15. The van der Waals surface area contributed by atoms with Crippen molar-refractivity contribution >= 4 is 11.4 Å². The third-order valence-electron chi connectivity index (χ3n) is 9.06. The Labute approximate surface area is 308 Å². The molecular formula is C50H40N2. The maximum absolute atomic E-state index is 3.55. The second kappa shape index (κ2) is 15.4. The molecule has 0 aromatic heterocycles. The lowest BCUT2D eigenvalue weighted by atomic mass is 9.96. The minimum atomic E-state index is 0.947. The van der Waals surface area contributed by atoms with E-state index in [2.05, 4.69) is 207 Å². The minimum Gasteiger partial charge on any atom is -0.377 e. The van der Waals surface area contributed by atoms with Crippen molar-refractivity contribution in [2.24, 2.45) is 0 Å². The first-order valence-corrected chi connectivity index (χ1v) is 17.5. The summed E-state index contributed by atoms with van der Waals surface area (Å²) in [5, 5.41) is 0. The first-order chi connectivity index (χ1) is 25.4. The van der Waals surface area contributed by atoms with Crippen LogP contribution in [0, 0.1) is 23.7 Å². The lowest BCUT2D eigenvalue weighted by Gasteiger charge is -2.21. The van der Waals surface area contributed by atoms with Gasteiger partial charge in [0.1, 0.15) is 0 Å². The Morgan fingerprint density at radius 2 is 0.558 bits per heavy atom. The van der Waals surface area contributed by atoms with Gasteiger partial charge in [-0.2, -0.15) is 0 Å². The number of rotatable bonds is 6. The minimum absolute atomic E-state index is 0.947. The van der Waals surface area contributed by atoms with Gasteiger partial charge in [-0.25, -0.2) is 0 Å². The second-order valence-corrected chi connectivity index (χ2v) is 13.2. The molecule has 0 bridgehead atoms. The number of nitrogens with zero attached hydrogens (tertiary/aromatic N) is 2. The van der Waals surface area contributed by atoms with Gasteiger partial charge in [0.05, 0.1) is 22.5 Å². The molecule has 0 unspecified atom stereocenters. The third-order valence-corrected chi connectivity index (χ3v) is 9.06. The molecule has 0 saturated heterocycles. The molecule has 250 valence electrons. The normalized spacial score (nSPS) is 10.4. The predicted molar refractivity (Wildman–Crippen MR) is 222 cm³/mol. The number of benzene rings is 7. The number of hydrogen-bond acceptors (Lipinski definition) is 2. The molecule has 0 amide bonds. The second-order valence-electron chi connectivity index (χ2n) is 13.2. The van der Waals surface area contributed by atoms with Crippen LogP contribution in [0.3, 0.4) is 0 Å². The largest absolute Gasteiger partial charge is 0.377 e.